The molecule has 1 saturated carbocycles. The van der Waals surface area contributed by atoms with Crippen molar-refractivity contribution in [1.29, 1.82) is 0 Å². The number of carbonyl (C=O) groups is 4. The lowest BCUT2D eigenvalue weighted by Gasteiger charge is -2.42. The summed E-state index contributed by atoms with van der Waals surface area (Å²) in [5.74, 6) is -1.14. The molecule has 1 aromatic carbocycles. The van der Waals surface area contributed by atoms with E-state index in [-0.39, 0.29) is 18.7 Å². The first-order valence-electron chi connectivity index (χ1n) is 11.3. The van der Waals surface area contributed by atoms with Gasteiger partial charge in [0.25, 0.3) is 11.8 Å². The summed E-state index contributed by atoms with van der Waals surface area (Å²) in [5, 5.41) is 9.57. The van der Waals surface area contributed by atoms with Crippen molar-refractivity contribution in [2.24, 2.45) is 5.92 Å². The van der Waals surface area contributed by atoms with Gasteiger partial charge < -0.3 is 10.6 Å². The van der Waals surface area contributed by atoms with Crippen LogP contribution in [0.15, 0.2) is 18.2 Å². The normalized spacial score (nSPS) is 30.8. The number of piperidine rings is 2. The average Bonchev–Trinajstić information content (AvgIpc) is 3.02. The van der Waals surface area contributed by atoms with Crippen LogP contribution in [0.1, 0.15) is 71.2 Å². The van der Waals surface area contributed by atoms with Crippen LogP contribution in [-0.4, -0.2) is 53.2 Å². The van der Waals surface area contributed by atoms with Gasteiger partial charge in [-0.3, -0.25) is 29.4 Å². The summed E-state index contributed by atoms with van der Waals surface area (Å²) in [4.78, 5) is 50.4. The van der Waals surface area contributed by atoms with E-state index in [0.717, 1.165) is 29.3 Å². The highest BCUT2D eigenvalue weighted by Crippen LogP contribution is 2.32. The smallest absolute Gasteiger partial charge is 0.262 e. The highest BCUT2D eigenvalue weighted by atomic mass is 16.2. The Labute approximate surface area is 181 Å². The number of nitrogens with one attached hydrogen (secondary N) is 3. The average molecular weight is 425 g/mol. The van der Waals surface area contributed by atoms with Crippen molar-refractivity contribution >= 4 is 23.6 Å². The topological polar surface area (TPSA) is 108 Å². The van der Waals surface area contributed by atoms with Gasteiger partial charge in [-0.15, -0.1) is 0 Å². The molecule has 4 atom stereocenters. The number of hydrogen-bond acceptors (Lipinski definition) is 6. The summed E-state index contributed by atoms with van der Waals surface area (Å²) in [6.45, 7) is 1.70. The molecule has 3 N–H and O–H groups in total. The van der Waals surface area contributed by atoms with Gasteiger partial charge in [-0.1, -0.05) is 12.5 Å². The van der Waals surface area contributed by atoms with E-state index in [1.54, 1.807) is 12.1 Å². The lowest BCUT2D eigenvalue weighted by atomic mass is 9.76. The lowest BCUT2D eigenvalue weighted by molar-refractivity contribution is -0.136. The van der Waals surface area contributed by atoms with Gasteiger partial charge in [-0.2, -0.15) is 0 Å². The highest BCUT2D eigenvalue weighted by Gasteiger charge is 2.44. The summed E-state index contributed by atoms with van der Waals surface area (Å²) in [7, 11) is 0. The van der Waals surface area contributed by atoms with Gasteiger partial charge in [0, 0.05) is 25.0 Å². The Morgan fingerprint density at radius 1 is 0.968 bits per heavy atom. The number of hydrogen-bond donors (Lipinski definition) is 3. The number of carbonyl (C=O) groups excluding carboxylic acids is 4. The minimum Gasteiger partial charge on any atom is -0.312 e. The first-order valence-corrected chi connectivity index (χ1v) is 11.3. The molecule has 5 rings (SSSR count). The van der Waals surface area contributed by atoms with Gasteiger partial charge >= 0.3 is 0 Å². The molecule has 4 aliphatic rings. The second kappa shape index (κ2) is 8.16. The molecule has 0 radical (unpaired) electrons. The number of fused-ring (bicyclic) bond motifs is 2. The Morgan fingerprint density at radius 3 is 2.61 bits per heavy atom. The van der Waals surface area contributed by atoms with Crippen molar-refractivity contribution in [3.8, 4) is 0 Å². The third-order valence-electron chi connectivity index (χ3n) is 7.24. The zero-order valence-electron chi connectivity index (χ0n) is 17.5. The lowest BCUT2D eigenvalue weighted by Crippen LogP contribution is -2.56. The van der Waals surface area contributed by atoms with E-state index in [9.17, 15) is 19.2 Å². The summed E-state index contributed by atoms with van der Waals surface area (Å²) < 4.78 is 0. The Kier molecular flexibility index (Phi) is 5.35. The predicted molar refractivity (Wildman–Crippen MR) is 112 cm³/mol. The maximum Gasteiger partial charge on any atom is 0.262 e. The fourth-order valence-electron chi connectivity index (χ4n) is 5.66. The van der Waals surface area contributed by atoms with Crippen molar-refractivity contribution in [2.75, 3.05) is 6.54 Å². The molecule has 3 aliphatic heterocycles. The van der Waals surface area contributed by atoms with E-state index in [1.807, 2.05) is 6.07 Å². The van der Waals surface area contributed by atoms with Gasteiger partial charge in [0.1, 0.15) is 6.04 Å². The molecular weight excluding hydrogens is 396 g/mol. The van der Waals surface area contributed by atoms with Crippen LogP contribution in [0.2, 0.25) is 0 Å². The van der Waals surface area contributed by atoms with Crippen LogP contribution < -0.4 is 16.0 Å². The molecule has 8 nitrogen and oxygen atoms in total. The number of rotatable bonds is 4. The minimum atomic E-state index is -0.928. The molecule has 8 heteroatoms. The summed E-state index contributed by atoms with van der Waals surface area (Å²) in [6.07, 6.45) is 6.50. The Balaban J connectivity index is 1.29. The predicted octanol–water partition coefficient (Wildman–Crippen LogP) is 1.10. The zero-order valence-corrected chi connectivity index (χ0v) is 17.5. The van der Waals surface area contributed by atoms with E-state index < -0.39 is 23.8 Å². The van der Waals surface area contributed by atoms with Crippen molar-refractivity contribution < 1.29 is 19.2 Å². The summed E-state index contributed by atoms with van der Waals surface area (Å²) in [5.41, 5.74) is 1.61. The number of amides is 4. The maximum absolute atomic E-state index is 13.0. The molecular formula is C23H28N4O4. The van der Waals surface area contributed by atoms with E-state index in [0.29, 0.717) is 29.8 Å². The molecule has 0 spiro atoms. The van der Waals surface area contributed by atoms with Crippen LogP contribution in [0.3, 0.4) is 0 Å². The van der Waals surface area contributed by atoms with E-state index >= 15 is 0 Å². The molecule has 3 heterocycles. The second-order valence-electron chi connectivity index (χ2n) is 9.13. The van der Waals surface area contributed by atoms with Gasteiger partial charge in [-0.05, 0) is 62.3 Å². The maximum atomic E-state index is 13.0. The Morgan fingerprint density at radius 2 is 1.77 bits per heavy atom. The van der Waals surface area contributed by atoms with Gasteiger partial charge in [-0.25, -0.2) is 0 Å². The van der Waals surface area contributed by atoms with Gasteiger partial charge in [0.15, 0.2) is 0 Å². The van der Waals surface area contributed by atoms with E-state index in [2.05, 4.69) is 16.0 Å². The molecule has 4 unspecified atom stereocenters. The van der Waals surface area contributed by atoms with E-state index in [4.69, 9.17) is 0 Å². The molecule has 3 fully saturated rings. The van der Waals surface area contributed by atoms with Crippen molar-refractivity contribution in [2.45, 2.75) is 69.6 Å². The quantitative estimate of drug-likeness (QED) is 0.625. The summed E-state index contributed by atoms with van der Waals surface area (Å²) in [6, 6.07) is 5.31. The van der Waals surface area contributed by atoms with Gasteiger partial charge in [0.05, 0.1) is 11.1 Å². The largest absolute Gasteiger partial charge is 0.312 e. The van der Waals surface area contributed by atoms with Crippen LogP contribution in [0.25, 0.3) is 0 Å². The Bertz CT molecular complexity index is 944. The molecule has 2 saturated heterocycles. The Hall–Kier alpha value is -2.58. The first kappa shape index (κ1) is 20.3. The number of nitrogens with zero attached hydrogens (tertiary/aromatic N) is 1. The zero-order chi connectivity index (χ0) is 21.5. The highest BCUT2D eigenvalue weighted by molar-refractivity contribution is 6.23. The third-order valence-corrected chi connectivity index (χ3v) is 7.24. The number of benzene rings is 1. The van der Waals surface area contributed by atoms with Crippen molar-refractivity contribution in [3.05, 3.63) is 34.9 Å². The summed E-state index contributed by atoms with van der Waals surface area (Å²) >= 11 is 0. The first-order chi connectivity index (χ1) is 15.0. The van der Waals surface area contributed by atoms with Crippen molar-refractivity contribution in [1.82, 2.24) is 20.9 Å². The molecule has 1 aromatic rings. The monoisotopic (exact) mass is 424 g/mol. The van der Waals surface area contributed by atoms with Crippen LogP contribution in [0.5, 0.6) is 0 Å². The van der Waals surface area contributed by atoms with Crippen LogP contribution in [0.4, 0.5) is 0 Å². The van der Waals surface area contributed by atoms with Gasteiger partial charge in [0.2, 0.25) is 11.8 Å². The van der Waals surface area contributed by atoms with Crippen LogP contribution in [0, 0.1) is 5.92 Å². The van der Waals surface area contributed by atoms with Crippen LogP contribution in [-0.2, 0) is 16.1 Å². The van der Waals surface area contributed by atoms with E-state index in [1.165, 1.54) is 25.7 Å². The fraction of sp³-hybridized carbons (Fsp3) is 0.565. The SMILES string of the molecule is O=C1CCC(N2C(=O)c3ccc(CNC4CCCC5CCCNC54)cc3C2=O)C(=O)N1. The molecule has 1 aliphatic carbocycles. The van der Waals surface area contributed by atoms with Crippen LogP contribution >= 0.6 is 0 Å². The molecule has 0 aromatic heterocycles. The molecule has 4 amide bonds. The molecule has 0 bridgehead atoms. The molecule has 164 valence electrons. The standard InChI is InChI=1S/C23H28N4O4/c28-19-9-8-18(21(29)26-19)27-22(30)15-7-6-13(11-16(15)23(27)31)12-25-17-5-1-3-14-4-2-10-24-20(14)17/h6-7,11,14,17-18,20,24-25H,1-5,8-10,12H2,(H,26,28,29). The third kappa shape index (κ3) is 3.68. The molecule has 31 heavy (non-hydrogen) atoms. The number of imide groups is 2. The minimum absolute atomic E-state index is 0.122. The van der Waals surface area contributed by atoms with Crippen molar-refractivity contribution in [3.63, 3.8) is 0 Å². The fourth-order valence-corrected chi connectivity index (χ4v) is 5.66. The second-order valence-corrected chi connectivity index (χ2v) is 9.13.